The molecule has 8 nitrogen and oxygen atoms in total. The standard InChI is InChI=1S/C25H26N4O4S/c26-24(27)19-5-3-4-18(12-19)21-14-29(15-22(21)25(30)31)13-16-8-10-17(11-9-16)20-6-1-2-7-23(20)34(28,32)33/h1-12,21-22H,13-15H2,(H3,26,27)(H,30,31)(H2,28,32,33)/t21-,22+/m0/s1. The molecule has 0 aliphatic carbocycles. The summed E-state index contributed by atoms with van der Waals surface area (Å²) in [5.74, 6) is -1.68. The van der Waals surface area contributed by atoms with E-state index in [0.29, 0.717) is 30.8 Å². The lowest BCUT2D eigenvalue weighted by Crippen LogP contribution is -2.23. The van der Waals surface area contributed by atoms with Crippen LogP contribution in [0, 0.1) is 11.3 Å². The molecule has 0 radical (unpaired) electrons. The maximum atomic E-state index is 12.0. The highest BCUT2D eigenvalue weighted by molar-refractivity contribution is 7.89. The third-order valence-corrected chi connectivity index (χ3v) is 7.17. The van der Waals surface area contributed by atoms with Gasteiger partial charge < -0.3 is 10.8 Å². The van der Waals surface area contributed by atoms with E-state index < -0.39 is 21.9 Å². The maximum Gasteiger partial charge on any atom is 0.308 e. The van der Waals surface area contributed by atoms with Gasteiger partial charge in [-0.05, 0) is 28.8 Å². The number of benzene rings is 3. The first-order valence-electron chi connectivity index (χ1n) is 10.7. The van der Waals surface area contributed by atoms with Gasteiger partial charge in [0.2, 0.25) is 10.0 Å². The first-order chi connectivity index (χ1) is 16.1. The number of carbonyl (C=O) groups is 1. The van der Waals surface area contributed by atoms with Gasteiger partial charge in [-0.15, -0.1) is 0 Å². The summed E-state index contributed by atoms with van der Waals surface area (Å²) in [7, 11) is -3.85. The number of likely N-dealkylation sites (tertiary alicyclic amines) is 1. The molecule has 9 heteroatoms. The van der Waals surface area contributed by atoms with Crippen molar-refractivity contribution in [1.29, 1.82) is 5.41 Å². The number of nitrogen functional groups attached to an aromatic ring is 1. The molecule has 1 heterocycles. The van der Waals surface area contributed by atoms with E-state index in [4.69, 9.17) is 16.3 Å². The molecule has 34 heavy (non-hydrogen) atoms. The van der Waals surface area contributed by atoms with Gasteiger partial charge in [-0.2, -0.15) is 0 Å². The Labute approximate surface area is 198 Å². The van der Waals surface area contributed by atoms with Gasteiger partial charge in [0, 0.05) is 36.7 Å². The van der Waals surface area contributed by atoms with Gasteiger partial charge in [-0.1, -0.05) is 60.7 Å². The summed E-state index contributed by atoms with van der Waals surface area (Å²) in [6, 6.07) is 21.3. The molecule has 0 spiro atoms. The molecule has 176 valence electrons. The van der Waals surface area contributed by atoms with Crippen molar-refractivity contribution in [3.8, 4) is 11.1 Å². The van der Waals surface area contributed by atoms with E-state index in [1.807, 2.05) is 30.3 Å². The van der Waals surface area contributed by atoms with Crippen molar-refractivity contribution in [2.24, 2.45) is 16.8 Å². The largest absolute Gasteiger partial charge is 0.481 e. The van der Waals surface area contributed by atoms with E-state index in [9.17, 15) is 18.3 Å². The SMILES string of the molecule is N=C(N)c1cccc([C@@H]2CN(Cc3ccc(-c4ccccc4S(N)(=O)=O)cc3)C[C@H]2C(=O)O)c1. The Morgan fingerprint density at radius 3 is 2.38 bits per heavy atom. The summed E-state index contributed by atoms with van der Waals surface area (Å²) < 4.78 is 23.8. The molecule has 3 aromatic rings. The van der Waals surface area contributed by atoms with E-state index in [0.717, 1.165) is 16.7 Å². The van der Waals surface area contributed by atoms with Gasteiger partial charge in [0.1, 0.15) is 5.84 Å². The molecule has 0 saturated carbocycles. The summed E-state index contributed by atoms with van der Waals surface area (Å²) in [5.41, 5.74) is 9.30. The predicted molar refractivity (Wildman–Crippen MR) is 130 cm³/mol. The Kier molecular flexibility index (Phi) is 6.52. The number of nitrogens with one attached hydrogen (secondary N) is 1. The van der Waals surface area contributed by atoms with Gasteiger partial charge in [0.05, 0.1) is 10.8 Å². The highest BCUT2D eigenvalue weighted by atomic mass is 32.2. The molecular weight excluding hydrogens is 452 g/mol. The van der Waals surface area contributed by atoms with Crippen LogP contribution in [0.3, 0.4) is 0 Å². The fraction of sp³-hybridized carbons (Fsp3) is 0.200. The molecule has 4 rings (SSSR count). The minimum Gasteiger partial charge on any atom is -0.481 e. The number of nitrogens with two attached hydrogens (primary N) is 2. The van der Waals surface area contributed by atoms with Crippen LogP contribution >= 0.6 is 0 Å². The van der Waals surface area contributed by atoms with Crippen LogP contribution in [0.15, 0.2) is 77.7 Å². The van der Waals surface area contributed by atoms with Crippen LogP contribution in [-0.2, 0) is 21.4 Å². The molecule has 6 N–H and O–H groups in total. The second-order valence-electron chi connectivity index (χ2n) is 8.52. The lowest BCUT2D eigenvalue weighted by molar-refractivity contribution is -0.141. The van der Waals surface area contributed by atoms with E-state index >= 15 is 0 Å². The molecule has 1 fully saturated rings. The molecule has 0 unspecified atom stereocenters. The zero-order valence-electron chi connectivity index (χ0n) is 18.4. The monoisotopic (exact) mass is 478 g/mol. The third kappa shape index (κ3) is 5.01. The summed E-state index contributed by atoms with van der Waals surface area (Å²) in [5, 5.41) is 22.8. The van der Waals surface area contributed by atoms with Crippen LogP contribution in [0.5, 0.6) is 0 Å². The second-order valence-corrected chi connectivity index (χ2v) is 10.1. The van der Waals surface area contributed by atoms with Crippen LogP contribution in [-0.4, -0.2) is 43.3 Å². The first kappa shape index (κ1) is 23.6. The van der Waals surface area contributed by atoms with Crippen LogP contribution < -0.4 is 10.9 Å². The van der Waals surface area contributed by atoms with E-state index in [1.54, 1.807) is 36.4 Å². The molecule has 2 atom stereocenters. The van der Waals surface area contributed by atoms with Gasteiger partial charge in [0.15, 0.2) is 0 Å². The van der Waals surface area contributed by atoms with Crippen molar-refractivity contribution in [3.05, 3.63) is 89.5 Å². The highest BCUT2D eigenvalue weighted by Crippen LogP contribution is 2.34. The molecule has 0 bridgehead atoms. The van der Waals surface area contributed by atoms with Crippen molar-refractivity contribution < 1.29 is 18.3 Å². The van der Waals surface area contributed by atoms with Gasteiger partial charge in [0.25, 0.3) is 0 Å². The number of hydrogen-bond acceptors (Lipinski definition) is 5. The lowest BCUT2D eigenvalue weighted by atomic mass is 9.88. The van der Waals surface area contributed by atoms with Crippen LogP contribution in [0.2, 0.25) is 0 Å². The van der Waals surface area contributed by atoms with Gasteiger partial charge in [-0.25, -0.2) is 13.6 Å². The average molecular weight is 479 g/mol. The molecule has 3 aromatic carbocycles. The maximum absolute atomic E-state index is 12.0. The zero-order chi connectivity index (χ0) is 24.5. The van der Waals surface area contributed by atoms with Crippen molar-refractivity contribution in [2.45, 2.75) is 17.4 Å². The minimum atomic E-state index is -3.85. The molecule has 1 saturated heterocycles. The van der Waals surface area contributed by atoms with Crippen molar-refractivity contribution in [2.75, 3.05) is 13.1 Å². The number of hydrogen-bond donors (Lipinski definition) is 4. The molecular formula is C25H26N4O4S. The van der Waals surface area contributed by atoms with Crippen molar-refractivity contribution in [3.63, 3.8) is 0 Å². The number of nitrogens with zero attached hydrogens (tertiary/aromatic N) is 1. The highest BCUT2D eigenvalue weighted by Gasteiger charge is 2.38. The number of aliphatic carboxylic acids is 1. The first-order valence-corrected chi connectivity index (χ1v) is 12.3. The number of carboxylic acid groups (broad SMARTS) is 1. The van der Waals surface area contributed by atoms with Crippen LogP contribution in [0.25, 0.3) is 11.1 Å². The Morgan fingerprint density at radius 2 is 1.74 bits per heavy atom. The molecule has 0 amide bonds. The number of sulfonamides is 1. The zero-order valence-corrected chi connectivity index (χ0v) is 19.2. The Bertz CT molecular complexity index is 1340. The predicted octanol–water partition coefficient (Wildman–Crippen LogP) is 2.59. The lowest BCUT2D eigenvalue weighted by Gasteiger charge is -2.17. The smallest absolute Gasteiger partial charge is 0.308 e. The van der Waals surface area contributed by atoms with E-state index in [-0.39, 0.29) is 16.6 Å². The minimum absolute atomic E-state index is 0.0484. The summed E-state index contributed by atoms with van der Waals surface area (Å²) >= 11 is 0. The summed E-state index contributed by atoms with van der Waals surface area (Å²) in [6.07, 6.45) is 0. The number of primary sulfonamides is 1. The molecule has 1 aliphatic rings. The average Bonchev–Trinajstić information content (AvgIpc) is 3.23. The summed E-state index contributed by atoms with van der Waals surface area (Å²) in [6.45, 7) is 1.53. The van der Waals surface area contributed by atoms with E-state index in [1.165, 1.54) is 6.07 Å². The Hall–Kier alpha value is -3.53. The van der Waals surface area contributed by atoms with Crippen molar-refractivity contribution in [1.82, 2.24) is 4.90 Å². The van der Waals surface area contributed by atoms with Crippen LogP contribution in [0.4, 0.5) is 0 Å². The topological polar surface area (TPSA) is 151 Å². The fourth-order valence-corrected chi connectivity index (χ4v) is 5.30. The van der Waals surface area contributed by atoms with Crippen molar-refractivity contribution >= 4 is 21.8 Å². The molecule has 0 aromatic heterocycles. The summed E-state index contributed by atoms with van der Waals surface area (Å²) in [4.78, 5) is 14.1. The second kappa shape index (κ2) is 9.38. The van der Waals surface area contributed by atoms with E-state index in [2.05, 4.69) is 4.90 Å². The van der Waals surface area contributed by atoms with Crippen LogP contribution in [0.1, 0.15) is 22.6 Å². The molecule has 1 aliphatic heterocycles. The Morgan fingerprint density at radius 1 is 1.03 bits per heavy atom. The number of rotatable bonds is 7. The van der Waals surface area contributed by atoms with Gasteiger partial charge in [-0.3, -0.25) is 15.1 Å². The fourth-order valence-electron chi connectivity index (χ4n) is 4.54. The third-order valence-electron chi connectivity index (χ3n) is 6.20. The number of carboxylic acids is 1. The quantitative estimate of drug-likeness (QED) is 0.303. The van der Waals surface area contributed by atoms with Gasteiger partial charge >= 0.3 is 5.97 Å². The number of amidine groups is 1. The Balaban J connectivity index is 1.53. The normalized spacial score (nSPS) is 18.6.